The van der Waals surface area contributed by atoms with Crippen molar-refractivity contribution in [1.29, 1.82) is 0 Å². The third kappa shape index (κ3) is 7.78. The molecule has 20 heavy (non-hydrogen) atoms. The van der Waals surface area contributed by atoms with Gasteiger partial charge in [0.1, 0.15) is 5.75 Å². The van der Waals surface area contributed by atoms with Crippen LogP contribution in [-0.2, 0) is 9.59 Å². The molecule has 0 spiro atoms. The van der Waals surface area contributed by atoms with Crippen molar-refractivity contribution < 1.29 is 14.3 Å². The monoisotopic (exact) mass is 342 g/mol. The fourth-order valence-electron chi connectivity index (χ4n) is 1.53. The van der Waals surface area contributed by atoms with Gasteiger partial charge in [0.15, 0.2) is 0 Å². The number of carbonyl (C=O) groups is 2. The molecule has 0 aliphatic heterocycles. The van der Waals surface area contributed by atoms with E-state index in [1.807, 2.05) is 24.3 Å². The quantitative estimate of drug-likeness (QED) is 0.673. The van der Waals surface area contributed by atoms with E-state index < -0.39 is 0 Å². The number of nitrogens with two attached hydrogens (primary N) is 1. The van der Waals surface area contributed by atoms with E-state index in [9.17, 15) is 9.59 Å². The Morgan fingerprint density at radius 2 is 1.85 bits per heavy atom. The molecule has 0 heterocycles. The van der Waals surface area contributed by atoms with Crippen LogP contribution >= 0.6 is 15.9 Å². The van der Waals surface area contributed by atoms with Crippen LogP contribution in [0, 0.1) is 0 Å². The predicted molar refractivity (Wildman–Crippen MR) is 80.3 cm³/mol. The second-order valence-corrected chi connectivity index (χ2v) is 5.24. The summed E-state index contributed by atoms with van der Waals surface area (Å²) in [4.78, 5) is 22.0. The molecule has 0 unspecified atom stereocenters. The molecule has 1 aromatic carbocycles. The Bertz CT molecular complexity index is 435. The Morgan fingerprint density at radius 1 is 1.15 bits per heavy atom. The van der Waals surface area contributed by atoms with Gasteiger partial charge in [-0.05, 0) is 37.1 Å². The van der Waals surface area contributed by atoms with Crippen LogP contribution in [0.15, 0.2) is 28.7 Å². The van der Waals surface area contributed by atoms with Gasteiger partial charge >= 0.3 is 0 Å². The molecule has 0 fully saturated rings. The first-order chi connectivity index (χ1) is 9.58. The molecule has 1 rings (SSSR count). The standard InChI is InChI=1S/C14H19BrN2O3/c15-11-5-7-12(8-6-11)20-10-2-4-14(19)17-9-1-3-13(16)18/h5-8H,1-4,9-10H2,(H2,16,18)(H,17,19). The molecule has 5 nitrogen and oxygen atoms in total. The summed E-state index contributed by atoms with van der Waals surface area (Å²) in [5.41, 5.74) is 5.00. The zero-order valence-electron chi connectivity index (χ0n) is 11.2. The Hall–Kier alpha value is -1.56. The largest absolute Gasteiger partial charge is 0.494 e. The summed E-state index contributed by atoms with van der Waals surface area (Å²) in [5.74, 6) is 0.408. The van der Waals surface area contributed by atoms with E-state index >= 15 is 0 Å². The highest BCUT2D eigenvalue weighted by atomic mass is 79.9. The Morgan fingerprint density at radius 3 is 2.50 bits per heavy atom. The van der Waals surface area contributed by atoms with Crippen LogP contribution in [0.5, 0.6) is 5.75 Å². The minimum absolute atomic E-state index is 0.0334. The van der Waals surface area contributed by atoms with Crippen molar-refractivity contribution in [2.45, 2.75) is 25.7 Å². The zero-order chi connectivity index (χ0) is 14.8. The fraction of sp³-hybridized carbons (Fsp3) is 0.429. The number of ether oxygens (including phenoxy) is 1. The van der Waals surface area contributed by atoms with Crippen LogP contribution in [0.4, 0.5) is 0 Å². The second-order valence-electron chi connectivity index (χ2n) is 4.33. The summed E-state index contributed by atoms with van der Waals surface area (Å²) < 4.78 is 6.51. The van der Waals surface area contributed by atoms with Gasteiger partial charge in [-0.2, -0.15) is 0 Å². The molecule has 1 aromatic rings. The Balaban J connectivity index is 2.04. The van der Waals surface area contributed by atoms with E-state index in [-0.39, 0.29) is 11.8 Å². The lowest BCUT2D eigenvalue weighted by Crippen LogP contribution is -2.25. The average molecular weight is 343 g/mol. The molecule has 0 aliphatic carbocycles. The minimum Gasteiger partial charge on any atom is -0.494 e. The van der Waals surface area contributed by atoms with Gasteiger partial charge in [-0.1, -0.05) is 15.9 Å². The van der Waals surface area contributed by atoms with Gasteiger partial charge < -0.3 is 15.8 Å². The van der Waals surface area contributed by atoms with E-state index in [2.05, 4.69) is 21.2 Å². The lowest BCUT2D eigenvalue weighted by atomic mass is 10.2. The van der Waals surface area contributed by atoms with E-state index in [4.69, 9.17) is 10.5 Å². The first-order valence-corrected chi connectivity index (χ1v) is 7.30. The number of halogens is 1. The van der Waals surface area contributed by atoms with Gasteiger partial charge in [0.2, 0.25) is 11.8 Å². The first-order valence-electron chi connectivity index (χ1n) is 6.51. The summed E-state index contributed by atoms with van der Waals surface area (Å²) in [6, 6.07) is 7.55. The second kappa shape index (κ2) is 9.36. The molecule has 0 saturated heterocycles. The van der Waals surface area contributed by atoms with Crippen LogP contribution in [0.25, 0.3) is 0 Å². The summed E-state index contributed by atoms with van der Waals surface area (Å²) >= 11 is 3.35. The van der Waals surface area contributed by atoms with Crippen molar-refractivity contribution in [1.82, 2.24) is 5.32 Å². The molecule has 110 valence electrons. The number of hydrogen-bond acceptors (Lipinski definition) is 3. The topological polar surface area (TPSA) is 81.4 Å². The highest BCUT2D eigenvalue weighted by molar-refractivity contribution is 9.10. The van der Waals surface area contributed by atoms with Gasteiger partial charge in [-0.3, -0.25) is 9.59 Å². The molecule has 0 aromatic heterocycles. The SMILES string of the molecule is NC(=O)CCCNC(=O)CCCOc1ccc(Br)cc1. The maximum absolute atomic E-state index is 11.5. The summed E-state index contributed by atoms with van der Waals surface area (Å²) in [7, 11) is 0. The van der Waals surface area contributed by atoms with Crippen LogP contribution < -0.4 is 15.8 Å². The number of benzene rings is 1. The van der Waals surface area contributed by atoms with Crippen molar-refractivity contribution in [3.63, 3.8) is 0 Å². The van der Waals surface area contributed by atoms with Crippen molar-refractivity contribution in [2.24, 2.45) is 5.73 Å². The molecular formula is C14H19BrN2O3. The summed E-state index contributed by atoms with van der Waals surface area (Å²) in [5, 5.41) is 2.74. The van der Waals surface area contributed by atoms with Gasteiger partial charge in [0.05, 0.1) is 6.61 Å². The molecule has 2 amide bonds. The normalized spacial score (nSPS) is 10.1. The minimum atomic E-state index is -0.345. The molecule has 6 heteroatoms. The predicted octanol–water partition coefficient (Wildman–Crippen LogP) is 1.99. The van der Waals surface area contributed by atoms with Crippen LogP contribution in [0.3, 0.4) is 0 Å². The molecular weight excluding hydrogens is 324 g/mol. The van der Waals surface area contributed by atoms with E-state index in [0.717, 1.165) is 10.2 Å². The number of carbonyl (C=O) groups excluding carboxylic acids is 2. The van der Waals surface area contributed by atoms with Crippen LogP contribution in [0.2, 0.25) is 0 Å². The lowest BCUT2D eigenvalue weighted by Gasteiger charge is -2.07. The maximum Gasteiger partial charge on any atom is 0.220 e. The fourth-order valence-corrected chi connectivity index (χ4v) is 1.80. The number of rotatable bonds is 9. The van der Waals surface area contributed by atoms with Crippen molar-refractivity contribution in [2.75, 3.05) is 13.2 Å². The molecule has 0 aliphatic rings. The van der Waals surface area contributed by atoms with E-state index in [1.165, 1.54) is 0 Å². The average Bonchev–Trinajstić information content (AvgIpc) is 2.41. The highest BCUT2D eigenvalue weighted by Crippen LogP contribution is 2.16. The number of nitrogens with one attached hydrogen (secondary N) is 1. The van der Waals surface area contributed by atoms with Crippen LogP contribution in [0.1, 0.15) is 25.7 Å². The first kappa shape index (κ1) is 16.5. The van der Waals surface area contributed by atoms with Crippen molar-refractivity contribution in [3.8, 4) is 5.75 Å². The van der Waals surface area contributed by atoms with Crippen molar-refractivity contribution >= 4 is 27.7 Å². The molecule has 0 saturated carbocycles. The van der Waals surface area contributed by atoms with Crippen LogP contribution in [-0.4, -0.2) is 25.0 Å². The third-order valence-corrected chi connectivity index (χ3v) is 3.08. The van der Waals surface area contributed by atoms with E-state index in [1.54, 1.807) is 0 Å². The smallest absolute Gasteiger partial charge is 0.220 e. The van der Waals surface area contributed by atoms with Gasteiger partial charge in [-0.25, -0.2) is 0 Å². The number of amides is 2. The van der Waals surface area contributed by atoms with Crippen molar-refractivity contribution in [3.05, 3.63) is 28.7 Å². The maximum atomic E-state index is 11.5. The third-order valence-electron chi connectivity index (χ3n) is 2.55. The number of hydrogen-bond donors (Lipinski definition) is 2. The summed E-state index contributed by atoms with van der Waals surface area (Å²) in [6.07, 6.45) is 1.94. The van der Waals surface area contributed by atoms with Gasteiger partial charge in [0, 0.05) is 23.9 Å². The Labute approximate surface area is 127 Å². The molecule has 0 bridgehead atoms. The highest BCUT2D eigenvalue weighted by Gasteiger charge is 2.02. The Kier molecular flexibility index (Phi) is 7.72. The van der Waals surface area contributed by atoms with Gasteiger partial charge in [-0.15, -0.1) is 0 Å². The molecule has 0 atom stereocenters. The zero-order valence-corrected chi connectivity index (χ0v) is 12.8. The lowest BCUT2D eigenvalue weighted by molar-refractivity contribution is -0.122. The molecule has 0 radical (unpaired) electrons. The summed E-state index contributed by atoms with van der Waals surface area (Å²) in [6.45, 7) is 0.978. The van der Waals surface area contributed by atoms with Gasteiger partial charge in [0.25, 0.3) is 0 Å². The number of primary amides is 1. The van der Waals surface area contributed by atoms with E-state index in [0.29, 0.717) is 38.8 Å². The molecule has 3 N–H and O–H groups in total.